The second-order valence-corrected chi connectivity index (χ2v) is 4.57. The smallest absolute Gasteiger partial charge is 0.247 e. The molecule has 0 saturated carbocycles. The number of rotatable bonds is 4. The zero-order valence-electron chi connectivity index (χ0n) is 8.23. The van der Waals surface area contributed by atoms with E-state index in [9.17, 15) is 35.2 Å². The quantitative estimate of drug-likeness (QED) is 0.505. The van der Waals surface area contributed by atoms with Crippen molar-refractivity contribution in [2.24, 2.45) is 0 Å². The third-order valence-electron chi connectivity index (χ3n) is 1.77. The summed E-state index contributed by atoms with van der Waals surface area (Å²) in [6.07, 6.45) is 1.03. The van der Waals surface area contributed by atoms with Crippen LogP contribution in [0, 0.1) is 29.1 Å². The molecule has 0 amide bonds. The van der Waals surface area contributed by atoms with E-state index < -0.39 is 50.5 Å². The highest BCUT2D eigenvalue weighted by molar-refractivity contribution is 7.89. The standard InChI is InChI=1S/C8H3F5NO3S/c9-3-4(10)6(12)8(7(13)5(3)11)18(16,17)14-1-2-15/h14H,1H2. The molecular weight excluding hydrogens is 285 g/mol. The highest BCUT2D eigenvalue weighted by Gasteiger charge is 2.33. The lowest BCUT2D eigenvalue weighted by Crippen LogP contribution is -2.28. The van der Waals surface area contributed by atoms with E-state index in [1.54, 1.807) is 0 Å². The van der Waals surface area contributed by atoms with Crippen molar-refractivity contribution in [3.63, 3.8) is 0 Å². The minimum atomic E-state index is -5.05. The first-order valence-corrected chi connectivity index (χ1v) is 5.58. The number of carbonyl (C=O) groups excluding carboxylic acids is 1. The van der Waals surface area contributed by atoms with Crippen LogP contribution in [0.2, 0.25) is 0 Å². The number of benzene rings is 1. The normalized spacial score (nSPS) is 11.6. The van der Waals surface area contributed by atoms with Gasteiger partial charge in [-0.15, -0.1) is 0 Å². The van der Waals surface area contributed by atoms with Gasteiger partial charge in [0.2, 0.25) is 22.1 Å². The third kappa shape index (κ3) is 2.34. The first-order chi connectivity index (χ1) is 8.24. The fourth-order valence-electron chi connectivity index (χ4n) is 1.02. The van der Waals surface area contributed by atoms with Crippen LogP contribution in [-0.4, -0.2) is 21.2 Å². The number of nitrogens with one attached hydrogen (secondary N) is 1. The minimum Gasteiger partial charge on any atom is -0.289 e. The lowest BCUT2D eigenvalue weighted by Gasteiger charge is -2.08. The van der Waals surface area contributed by atoms with Crippen molar-refractivity contribution in [2.45, 2.75) is 4.90 Å². The molecule has 1 aromatic rings. The van der Waals surface area contributed by atoms with Crippen LogP contribution in [0.3, 0.4) is 0 Å². The topological polar surface area (TPSA) is 63.2 Å². The Labute approximate surface area is 97.5 Å². The number of hydrogen-bond donors (Lipinski definition) is 1. The van der Waals surface area contributed by atoms with E-state index in [4.69, 9.17) is 0 Å². The van der Waals surface area contributed by atoms with Gasteiger partial charge in [-0.1, -0.05) is 0 Å². The summed E-state index contributed by atoms with van der Waals surface area (Å²) in [6, 6.07) is 0. The summed E-state index contributed by atoms with van der Waals surface area (Å²) in [4.78, 5) is 7.75. The Hall–Kier alpha value is -1.55. The molecular formula is C8H3F5NO3S. The Balaban J connectivity index is 3.56. The van der Waals surface area contributed by atoms with Crippen LogP contribution in [0.4, 0.5) is 22.0 Å². The average Bonchev–Trinajstić information content (AvgIpc) is 2.31. The van der Waals surface area contributed by atoms with Crippen LogP contribution in [0.1, 0.15) is 0 Å². The van der Waals surface area contributed by atoms with Gasteiger partial charge < -0.3 is 0 Å². The molecule has 99 valence electrons. The van der Waals surface area contributed by atoms with Gasteiger partial charge in [0, 0.05) is 0 Å². The van der Waals surface area contributed by atoms with Gasteiger partial charge in [0.15, 0.2) is 28.2 Å². The largest absolute Gasteiger partial charge is 0.289 e. The van der Waals surface area contributed by atoms with Crippen LogP contribution in [0.5, 0.6) is 0 Å². The summed E-state index contributed by atoms with van der Waals surface area (Å²) in [5.74, 6) is -12.3. The fraction of sp³-hybridized carbons (Fsp3) is 0.125. The molecule has 0 aliphatic heterocycles. The molecule has 1 rings (SSSR count). The fourth-order valence-corrected chi connectivity index (χ4v) is 2.06. The average molecular weight is 288 g/mol. The van der Waals surface area contributed by atoms with Gasteiger partial charge >= 0.3 is 0 Å². The maximum atomic E-state index is 13.1. The lowest BCUT2D eigenvalue weighted by atomic mass is 10.3. The molecule has 0 aliphatic carbocycles. The number of halogens is 5. The van der Waals surface area contributed by atoms with Crippen LogP contribution in [0.15, 0.2) is 4.90 Å². The zero-order chi connectivity index (χ0) is 14.1. The zero-order valence-corrected chi connectivity index (χ0v) is 9.05. The Morgan fingerprint density at radius 1 is 0.889 bits per heavy atom. The highest BCUT2D eigenvalue weighted by Crippen LogP contribution is 2.26. The van der Waals surface area contributed by atoms with Gasteiger partial charge in [0.1, 0.15) is 0 Å². The van der Waals surface area contributed by atoms with Gasteiger partial charge in [-0.25, -0.2) is 35.1 Å². The predicted molar refractivity (Wildman–Crippen MR) is 47.1 cm³/mol. The maximum absolute atomic E-state index is 13.1. The molecule has 0 aliphatic rings. The molecule has 1 radical (unpaired) electrons. The molecule has 0 aromatic heterocycles. The first kappa shape index (κ1) is 14.5. The van der Waals surface area contributed by atoms with E-state index in [0.717, 1.165) is 6.29 Å². The summed E-state index contributed by atoms with van der Waals surface area (Å²) in [5.41, 5.74) is 0. The second kappa shape index (κ2) is 4.98. The predicted octanol–water partition coefficient (Wildman–Crippen LogP) is 0.770. The van der Waals surface area contributed by atoms with Crippen molar-refractivity contribution < 1.29 is 35.2 Å². The van der Waals surface area contributed by atoms with E-state index in [1.807, 2.05) is 0 Å². The molecule has 4 nitrogen and oxygen atoms in total. The summed E-state index contributed by atoms with van der Waals surface area (Å²) in [6.45, 7) is -0.998. The van der Waals surface area contributed by atoms with Crippen LogP contribution in [-0.2, 0) is 14.8 Å². The molecule has 0 spiro atoms. The summed E-state index contributed by atoms with van der Waals surface area (Å²) in [5, 5.41) is 0. The van der Waals surface area contributed by atoms with Crippen molar-refractivity contribution in [1.82, 2.24) is 4.72 Å². The van der Waals surface area contributed by atoms with Crippen LogP contribution >= 0.6 is 0 Å². The molecule has 0 saturated heterocycles. The van der Waals surface area contributed by atoms with Crippen molar-refractivity contribution in [1.29, 1.82) is 0 Å². The lowest BCUT2D eigenvalue weighted by molar-refractivity contribution is 0.357. The van der Waals surface area contributed by atoms with Gasteiger partial charge in [-0.2, -0.15) is 0 Å². The Morgan fingerprint density at radius 3 is 1.67 bits per heavy atom. The maximum Gasteiger partial charge on any atom is 0.247 e. The van der Waals surface area contributed by atoms with Gasteiger partial charge in [-0.3, -0.25) is 4.79 Å². The Morgan fingerprint density at radius 2 is 1.28 bits per heavy atom. The van der Waals surface area contributed by atoms with Crippen molar-refractivity contribution in [3.05, 3.63) is 29.1 Å². The molecule has 1 N–H and O–H groups in total. The SMILES string of the molecule is O=[C]CNS(=O)(=O)c1c(F)c(F)c(F)c(F)c1F. The molecule has 1 aromatic carbocycles. The van der Waals surface area contributed by atoms with Crippen molar-refractivity contribution in [3.8, 4) is 0 Å². The Bertz CT molecular complexity index is 572. The van der Waals surface area contributed by atoms with E-state index in [-0.39, 0.29) is 0 Å². The third-order valence-corrected chi connectivity index (χ3v) is 3.19. The van der Waals surface area contributed by atoms with Crippen LogP contribution in [0.25, 0.3) is 0 Å². The van der Waals surface area contributed by atoms with E-state index in [2.05, 4.69) is 0 Å². The molecule has 10 heteroatoms. The molecule has 0 atom stereocenters. The van der Waals surface area contributed by atoms with Gasteiger partial charge in [-0.05, 0) is 0 Å². The summed E-state index contributed by atoms with van der Waals surface area (Å²) in [7, 11) is -5.05. The minimum absolute atomic E-state index is 0.998. The molecule has 0 unspecified atom stereocenters. The first-order valence-electron chi connectivity index (χ1n) is 4.10. The molecule has 0 bridgehead atoms. The number of sulfonamides is 1. The van der Waals surface area contributed by atoms with Crippen LogP contribution < -0.4 is 4.72 Å². The Kier molecular flexibility index (Phi) is 4.02. The van der Waals surface area contributed by atoms with Gasteiger partial charge in [0.05, 0.1) is 6.54 Å². The van der Waals surface area contributed by atoms with Crippen molar-refractivity contribution >= 4 is 16.3 Å². The highest BCUT2D eigenvalue weighted by atomic mass is 32.2. The summed E-state index contributed by atoms with van der Waals surface area (Å²) >= 11 is 0. The number of hydrogen-bond acceptors (Lipinski definition) is 3. The van der Waals surface area contributed by atoms with E-state index >= 15 is 0 Å². The molecule has 0 fully saturated rings. The van der Waals surface area contributed by atoms with E-state index in [0.29, 0.717) is 0 Å². The second-order valence-electron chi connectivity index (χ2n) is 2.87. The monoisotopic (exact) mass is 288 g/mol. The molecule has 0 heterocycles. The van der Waals surface area contributed by atoms with Gasteiger partial charge in [0.25, 0.3) is 0 Å². The summed E-state index contributed by atoms with van der Waals surface area (Å²) < 4.78 is 88.0. The van der Waals surface area contributed by atoms with E-state index in [1.165, 1.54) is 4.72 Å². The molecule has 18 heavy (non-hydrogen) atoms. The van der Waals surface area contributed by atoms with Crippen molar-refractivity contribution in [2.75, 3.05) is 6.54 Å².